The number of likely N-dealkylation sites (N-methyl/N-ethyl adjacent to an activating group) is 1. The first-order valence-electron chi connectivity index (χ1n) is 10.2. The Morgan fingerprint density at radius 1 is 1.24 bits per heavy atom. The predicted octanol–water partition coefficient (Wildman–Crippen LogP) is 2.58. The molecule has 7 heteroatoms. The number of guanidine groups is 1. The molecule has 0 saturated carbocycles. The Hall–Kier alpha value is -2.54. The summed E-state index contributed by atoms with van der Waals surface area (Å²) in [6.45, 7) is 2.94. The third-order valence-electron chi connectivity index (χ3n) is 5.00. The van der Waals surface area contributed by atoms with Crippen LogP contribution in [0.25, 0.3) is 0 Å². The summed E-state index contributed by atoms with van der Waals surface area (Å²) >= 11 is 1.76. The van der Waals surface area contributed by atoms with Crippen molar-refractivity contribution in [3.05, 3.63) is 52.7 Å². The van der Waals surface area contributed by atoms with Crippen molar-refractivity contribution >= 4 is 28.9 Å². The molecule has 0 bridgehead atoms. The van der Waals surface area contributed by atoms with E-state index in [1.165, 1.54) is 10.6 Å². The number of para-hydroxylation sites is 1. The van der Waals surface area contributed by atoms with Crippen molar-refractivity contribution in [3.63, 3.8) is 0 Å². The maximum absolute atomic E-state index is 12.0. The molecule has 1 saturated heterocycles. The van der Waals surface area contributed by atoms with Crippen molar-refractivity contribution in [3.8, 4) is 0 Å². The van der Waals surface area contributed by atoms with Crippen LogP contribution in [0.4, 0.5) is 5.69 Å². The number of anilines is 1. The van der Waals surface area contributed by atoms with Gasteiger partial charge in [0.05, 0.1) is 0 Å². The van der Waals surface area contributed by atoms with Crippen molar-refractivity contribution < 1.29 is 4.79 Å². The summed E-state index contributed by atoms with van der Waals surface area (Å²) in [4.78, 5) is 21.9. The fourth-order valence-electron chi connectivity index (χ4n) is 3.36. The number of amides is 1. The van der Waals surface area contributed by atoms with Gasteiger partial charge in [-0.05, 0) is 42.8 Å². The molecule has 1 fully saturated rings. The summed E-state index contributed by atoms with van der Waals surface area (Å²) in [5.74, 6) is 0.718. The van der Waals surface area contributed by atoms with Crippen LogP contribution in [0.2, 0.25) is 0 Å². The summed E-state index contributed by atoms with van der Waals surface area (Å²) in [6, 6.07) is 15.0. The number of hydrogen-bond donors (Lipinski definition) is 2. The second-order valence-electron chi connectivity index (χ2n) is 7.47. The molecule has 1 atom stereocenters. The van der Waals surface area contributed by atoms with Crippen LogP contribution >= 0.6 is 11.3 Å². The van der Waals surface area contributed by atoms with Gasteiger partial charge in [-0.15, -0.1) is 11.3 Å². The van der Waals surface area contributed by atoms with Crippen LogP contribution in [0.15, 0.2) is 52.8 Å². The molecule has 0 spiro atoms. The zero-order valence-corrected chi connectivity index (χ0v) is 18.1. The lowest BCUT2D eigenvalue weighted by molar-refractivity contribution is -0.127. The van der Waals surface area contributed by atoms with Crippen molar-refractivity contribution in [2.45, 2.75) is 25.3 Å². The number of benzene rings is 1. The van der Waals surface area contributed by atoms with Crippen LogP contribution in [0, 0.1) is 0 Å². The highest BCUT2D eigenvalue weighted by molar-refractivity contribution is 7.09. The molecule has 2 heterocycles. The quantitative estimate of drug-likeness (QED) is 0.541. The minimum atomic E-state index is -0.00101. The van der Waals surface area contributed by atoms with Crippen LogP contribution in [0.1, 0.15) is 17.7 Å². The van der Waals surface area contributed by atoms with Gasteiger partial charge in [0.15, 0.2) is 5.96 Å². The van der Waals surface area contributed by atoms with E-state index in [2.05, 4.69) is 62.3 Å². The number of carbonyl (C=O) groups excluding carboxylic acids is 1. The molecule has 6 nitrogen and oxygen atoms in total. The Balaban J connectivity index is 1.59. The van der Waals surface area contributed by atoms with E-state index in [1.54, 1.807) is 30.3 Å². The van der Waals surface area contributed by atoms with E-state index in [9.17, 15) is 4.79 Å². The zero-order valence-electron chi connectivity index (χ0n) is 17.3. The second kappa shape index (κ2) is 10.9. The molecule has 3 rings (SSSR count). The lowest BCUT2D eigenvalue weighted by Crippen LogP contribution is -2.51. The van der Waals surface area contributed by atoms with Crippen LogP contribution in [-0.4, -0.2) is 63.1 Å². The standard InChI is InChI=1S/C22H31N5OS/c1-26(2)21(28)16-24-22(23-13-12-20-11-7-15-29-20)25-18-8-6-14-27(17-18)19-9-4-3-5-10-19/h3-5,7,9-11,15,18H,6,8,12-14,16-17H2,1-2H3,(H2,23,24,25). The number of piperidine rings is 1. The van der Waals surface area contributed by atoms with Gasteiger partial charge in [0.2, 0.25) is 5.91 Å². The van der Waals surface area contributed by atoms with E-state index >= 15 is 0 Å². The highest BCUT2D eigenvalue weighted by Gasteiger charge is 2.21. The van der Waals surface area contributed by atoms with E-state index < -0.39 is 0 Å². The normalized spacial score (nSPS) is 17.1. The first-order valence-corrected chi connectivity index (χ1v) is 11.1. The molecule has 1 aromatic carbocycles. The predicted molar refractivity (Wildman–Crippen MR) is 122 cm³/mol. The monoisotopic (exact) mass is 413 g/mol. The number of rotatable bonds is 7. The van der Waals surface area contributed by atoms with Gasteiger partial charge >= 0.3 is 0 Å². The van der Waals surface area contributed by atoms with Gasteiger partial charge in [0.25, 0.3) is 0 Å². The summed E-state index contributed by atoms with van der Waals surface area (Å²) < 4.78 is 0. The smallest absolute Gasteiger partial charge is 0.243 e. The van der Waals surface area contributed by atoms with E-state index in [1.807, 2.05) is 6.07 Å². The maximum atomic E-state index is 12.0. The fourth-order valence-corrected chi connectivity index (χ4v) is 4.07. The second-order valence-corrected chi connectivity index (χ2v) is 8.51. The molecule has 0 aliphatic carbocycles. The zero-order chi connectivity index (χ0) is 20.5. The molecular formula is C22H31N5OS. The number of thiophene rings is 1. The summed E-state index contributed by atoms with van der Waals surface area (Å²) in [7, 11) is 3.52. The number of nitrogens with one attached hydrogen (secondary N) is 2. The number of aliphatic imine (C=N–C) groups is 1. The van der Waals surface area contributed by atoms with Gasteiger partial charge in [0.1, 0.15) is 6.54 Å². The van der Waals surface area contributed by atoms with Crippen LogP contribution < -0.4 is 15.5 Å². The van der Waals surface area contributed by atoms with Crippen LogP contribution in [0.5, 0.6) is 0 Å². The Labute approximate surface area is 177 Å². The lowest BCUT2D eigenvalue weighted by atomic mass is 10.1. The Bertz CT molecular complexity index is 776. The third kappa shape index (κ3) is 6.78. The Kier molecular flexibility index (Phi) is 7.93. The van der Waals surface area contributed by atoms with Crippen LogP contribution in [-0.2, 0) is 11.2 Å². The molecule has 2 aromatic rings. The van der Waals surface area contributed by atoms with Crippen LogP contribution in [0.3, 0.4) is 0 Å². The van der Waals surface area contributed by atoms with Gasteiger partial charge < -0.3 is 20.4 Å². The third-order valence-corrected chi connectivity index (χ3v) is 5.93. The van der Waals surface area contributed by atoms with Gasteiger partial charge in [-0.25, -0.2) is 4.99 Å². The van der Waals surface area contributed by atoms with Crippen molar-refractivity contribution in [1.82, 2.24) is 15.5 Å². The molecular weight excluding hydrogens is 382 g/mol. The average molecular weight is 414 g/mol. The van der Waals surface area contributed by atoms with Gasteiger partial charge in [-0.1, -0.05) is 24.3 Å². The SMILES string of the molecule is CN(C)C(=O)CN=C(NCCc1cccs1)NC1CCCN(c2ccccc2)C1. The van der Waals surface area contributed by atoms with Crippen molar-refractivity contribution in [1.29, 1.82) is 0 Å². The number of hydrogen-bond acceptors (Lipinski definition) is 4. The minimum absolute atomic E-state index is 0.00101. The van der Waals surface area contributed by atoms with Gasteiger partial charge in [-0.3, -0.25) is 4.79 Å². The highest BCUT2D eigenvalue weighted by Crippen LogP contribution is 2.19. The van der Waals surface area contributed by atoms with Gasteiger partial charge in [-0.2, -0.15) is 0 Å². The van der Waals surface area contributed by atoms with Gasteiger partial charge in [0, 0.05) is 50.3 Å². The Morgan fingerprint density at radius 2 is 2.07 bits per heavy atom. The van der Waals surface area contributed by atoms with E-state index in [4.69, 9.17) is 0 Å². The molecule has 2 N–H and O–H groups in total. The first kappa shape index (κ1) is 21.2. The molecule has 1 aromatic heterocycles. The first-order chi connectivity index (χ1) is 14.1. The fraction of sp³-hybridized carbons (Fsp3) is 0.455. The van der Waals surface area contributed by atoms with E-state index in [0.717, 1.165) is 44.9 Å². The van der Waals surface area contributed by atoms with E-state index in [0.29, 0.717) is 6.04 Å². The summed E-state index contributed by atoms with van der Waals surface area (Å²) in [5, 5.41) is 9.07. The Morgan fingerprint density at radius 3 is 2.79 bits per heavy atom. The summed E-state index contributed by atoms with van der Waals surface area (Å²) in [6.07, 6.45) is 3.17. The largest absolute Gasteiger partial charge is 0.369 e. The molecule has 1 aliphatic heterocycles. The lowest BCUT2D eigenvalue weighted by Gasteiger charge is -2.35. The average Bonchev–Trinajstić information content (AvgIpc) is 3.26. The molecule has 0 radical (unpaired) electrons. The minimum Gasteiger partial charge on any atom is -0.369 e. The summed E-state index contributed by atoms with van der Waals surface area (Å²) in [5.41, 5.74) is 1.26. The maximum Gasteiger partial charge on any atom is 0.243 e. The number of carbonyl (C=O) groups is 1. The molecule has 1 aliphatic rings. The molecule has 156 valence electrons. The van der Waals surface area contributed by atoms with E-state index in [-0.39, 0.29) is 12.5 Å². The topological polar surface area (TPSA) is 60.0 Å². The molecule has 1 unspecified atom stereocenters. The highest BCUT2D eigenvalue weighted by atomic mass is 32.1. The molecule has 29 heavy (non-hydrogen) atoms. The van der Waals surface area contributed by atoms with Crippen molar-refractivity contribution in [2.24, 2.45) is 4.99 Å². The molecule has 1 amide bonds. The van der Waals surface area contributed by atoms with Crippen molar-refractivity contribution in [2.75, 3.05) is 45.2 Å². The number of nitrogens with zero attached hydrogens (tertiary/aromatic N) is 3.